The van der Waals surface area contributed by atoms with E-state index in [1.54, 1.807) is 36.4 Å². The molecule has 0 saturated heterocycles. The molecule has 1 amide bonds. The fourth-order valence-electron chi connectivity index (χ4n) is 4.19. The van der Waals surface area contributed by atoms with Gasteiger partial charge in [0.25, 0.3) is 0 Å². The number of carbonyl (C=O) groups excluding carboxylic acids is 1. The lowest BCUT2D eigenvalue weighted by molar-refractivity contribution is -0.117. The van der Waals surface area contributed by atoms with Crippen LogP contribution < -0.4 is 10.1 Å². The Kier molecular flexibility index (Phi) is 6.96. The molecule has 0 unspecified atom stereocenters. The quantitative estimate of drug-likeness (QED) is 0.550. The Labute approximate surface area is 199 Å². The first-order valence-corrected chi connectivity index (χ1v) is 12.5. The Hall–Kier alpha value is -3.67. The molecule has 0 aliphatic carbocycles. The number of hydrogen-bond acceptors (Lipinski definition) is 5. The van der Waals surface area contributed by atoms with E-state index in [-0.39, 0.29) is 23.8 Å². The van der Waals surface area contributed by atoms with Crippen molar-refractivity contribution in [3.63, 3.8) is 0 Å². The molecule has 0 aromatic heterocycles. The van der Waals surface area contributed by atoms with Gasteiger partial charge < -0.3 is 10.1 Å². The van der Waals surface area contributed by atoms with E-state index in [2.05, 4.69) is 5.32 Å². The van der Waals surface area contributed by atoms with E-state index >= 15 is 0 Å². The van der Waals surface area contributed by atoms with Crippen LogP contribution >= 0.6 is 0 Å². The van der Waals surface area contributed by atoms with Crippen molar-refractivity contribution in [1.82, 2.24) is 4.31 Å². The molecule has 1 aliphatic rings. The first kappa shape index (κ1) is 23.5. The maximum Gasteiger partial charge on any atom is 0.243 e. The Morgan fingerprint density at radius 3 is 2.62 bits per heavy atom. The van der Waals surface area contributed by atoms with Crippen molar-refractivity contribution in [2.75, 3.05) is 18.5 Å². The van der Waals surface area contributed by atoms with Crippen molar-refractivity contribution in [3.05, 3.63) is 89.5 Å². The highest BCUT2D eigenvalue weighted by atomic mass is 32.2. The van der Waals surface area contributed by atoms with Gasteiger partial charge in [0.2, 0.25) is 15.9 Å². The average molecular weight is 476 g/mol. The maximum absolute atomic E-state index is 13.6. The van der Waals surface area contributed by atoms with Gasteiger partial charge in [0.15, 0.2) is 0 Å². The van der Waals surface area contributed by atoms with Crippen LogP contribution in [0.15, 0.2) is 77.7 Å². The van der Waals surface area contributed by atoms with Crippen LogP contribution in [0.3, 0.4) is 0 Å². The number of rotatable bonds is 7. The molecule has 8 heteroatoms. The minimum absolute atomic E-state index is 0.0515. The SMILES string of the molecule is CCOc1ccc(S(=O)(=O)N2CCc3ccccc3[C@H]2CC(=O)Nc2cccc(C#N)c2)cc1. The number of nitriles is 1. The van der Waals surface area contributed by atoms with Gasteiger partial charge in [-0.05, 0) is 66.9 Å². The van der Waals surface area contributed by atoms with Gasteiger partial charge in [0.1, 0.15) is 5.75 Å². The number of sulfonamides is 1. The summed E-state index contributed by atoms with van der Waals surface area (Å²) >= 11 is 0. The fourth-order valence-corrected chi connectivity index (χ4v) is 5.80. The summed E-state index contributed by atoms with van der Waals surface area (Å²) in [6, 6.07) is 22.0. The number of benzene rings is 3. The molecule has 1 N–H and O–H groups in total. The lowest BCUT2D eigenvalue weighted by Gasteiger charge is -2.36. The Morgan fingerprint density at radius 2 is 1.88 bits per heavy atom. The normalized spacial score (nSPS) is 15.7. The van der Waals surface area contributed by atoms with Gasteiger partial charge >= 0.3 is 0 Å². The molecular formula is C26H25N3O4S. The van der Waals surface area contributed by atoms with Crippen molar-refractivity contribution in [2.45, 2.75) is 30.7 Å². The Balaban J connectivity index is 1.63. The van der Waals surface area contributed by atoms with Gasteiger partial charge in [0.05, 0.1) is 29.2 Å². The van der Waals surface area contributed by atoms with Crippen LogP contribution in [0.2, 0.25) is 0 Å². The molecule has 3 aromatic rings. The summed E-state index contributed by atoms with van der Waals surface area (Å²) in [4.78, 5) is 13.1. The summed E-state index contributed by atoms with van der Waals surface area (Å²) in [5.74, 6) is 0.268. The van der Waals surface area contributed by atoms with Gasteiger partial charge in [-0.15, -0.1) is 0 Å². The number of anilines is 1. The van der Waals surface area contributed by atoms with Crippen molar-refractivity contribution >= 4 is 21.6 Å². The van der Waals surface area contributed by atoms with Crippen LogP contribution in [0.5, 0.6) is 5.75 Å². The van der Waals surface area contributed by atoms with Crippen molar-refractivity contribution in [1.29, 1.82) is 5.26 Å². The van der Waals surface area contributed by atoms with Gasteiger partial charge in [-0.2, -0.15) is 9.57 Å². The summed E-state index contributed by atoms with van der Waals surface area (Å²) in [5.41, 5.74) is 2.78. The number of nitrogens with one attached hydrogen (secondary N) is 1. The highest BCUT2D eigenvalue weighted by Crippen LogP contribution is 2.36. The van der Waals surface area contributed by atoms with Crippen LogP contribution in [0.25, 0.3) is 0 Å². The second kappa shape index (κ2) is 10.1. The highest BCUT2D eigenvalue weighted by molar-refractivity contribution is 7.89. The third-order valence-corrected chi connectivity index (χ3v) is 7.68. The van der Waals surface area contributed by atoms with Gasteiger partial charge in [-0.25, -0.2) is 8.42 Å². The van der Waals surface area contributed by atoms with E-state index in [0.29, 0.717) is 30.0 Å². The molecule has 7 nitrogen and oxygen atoms in total. The topological polar surface area (TPSA) is 99.5 Å². The molecule has 1 heterocycles. The van der Waals surface area contributed by atoms with E-state index in [1.165, 1.54) is 16.4 Å². The lowest BCUT2D eigenvalue weighted by atomic mass is 9.92. The van der Waals surface area contributed by atoms with Gasteiger partial charge in [-0.1, -0.05) is 30.3 Å². The Morgan fingerprint density at radius 1 is 1.12 bits per heavy atom. The molecule has 1 aliphatic heterocycles. The fraction of sp³-hybridized carbons (Fsp3) is 0.231. The minimum Gasteiger partial charge on any atom is -0.494 e. The number of fused-ring (bicyclic) bond motifs is 1. The third kappa shape index (κ3) is 4.96. The van der Waals surface area contributed by atoms with E-state index in [0.717, 1.165) is 11.1 Å². The molecule has 4 rings (SSSR count). The zero-order chi connectivity index (χ0) is 24.1. The van der Waals surface area contributed by atoms with E-state index in [9.17, 15) is 13.2 Å². The molecule has 0 saturated carbocycles. The first-order chi connectivity index (χ1) is 16.4. The van der Waals surface area contributed by atoms with Crippen molar-refractivity contribution < 1.29 is 17.9 Å². The standard InChI is InChI=1S/C26H25N3O4S/c1-2-33-22-10-12-23(13-11-22)34(31,32)29-15-14-20-7-3-4-9-24(20)25(29)17-26(30)28-21-8-5-6-19(16-21)18-27/h3-13,16,25H,2,14-15,17H2,1H3,(H,28,30)/t25-/m1/s1. The molecule has 0 fully saturated rings. The molecule has 1 atom stereocenters. The van der Waals surface area contributed by atoms with E-state index in [4.69, 9.17) is 10.00 Å². The summed E-state index contributed by atoms with van der Waals surface area (Å²) in [5, 5.41) is 11.9. The number of ether oxygens (including phenoxy) is 1. The van der Waals surface area contributed by atoms with E-state index in [1.807, 2.05) is 37.3 Å². The lowest BCUT2D eigenvalue weighted by Crippen LogP contribution is -2.41. The zero-order valence-electron chi connectivity index (χ0n) is 18.8. The maximum atomic E-state index is 13.6. The number of carbonyl (C=O) groups is 1. The van der Waals surface area contributed by atoms with Gasteiger partial charge in [0, 0.05) is 18.7 Å². The summed E-state index contributed by atoms with van der Waals surface area (Å²) < 4.78 is 34.1. The number of amides is 1. The van der Waals surface area contributed by atoms with Crippen LogP contribution in [0.4, 0.5) is 5.69 Å². The predicted octanol–water partition coefficient (Wildman–Crippen LogP) is 4.27. The monoisotopic (exact) mass is 475 g/mol. The van der Waals surface area contributed by atoms with Crippen molar-refractivity contribution in [3.8, 4) is 11.8 Å². The second-order valence-electron chi connectivity index (χ2n) is 7.93. The van der Waals surface area contributed by atoms with Crippen LogP contribution in [-0.2, 0) is 21.2 Å². The summed E-state index contributed by atoms with van der Waals surface area (Å²) in [6.07, 6.45) is 0.513. The van der Waals surface area contributed by atoms with E-state index < -0.39 is 16.1 Å². The summed E-state index contributed by atoms with van der Waals surface area (Å²) in [7, 11) is -3.86. The Bertz CT molecular complexity index is 1330. The molecule has 3 aromatic carbocycles. The first-order valence-electron chi connectivity index (χ1n) is 11.0. The van der Waals surface area contributed by atoms with Crippen LogP contribution in [-0.4, -0.2) is 31.8 Å². The average Bonchev–Trinajstić information content (AvgIpc) is 2.84. The van der Waals surface area contributed by atoms with Gasteiger partial charge in [-0.3, -0.25) is 4.79 Å². The molecular weight excluding hydrogens is 450 g/mol. The molecule has 0 bridgehead atoms. The largest absolute Gasteiger partial charge is 0.494 e. The predicted molar refractivity (Wildman–Crippen MR) is 129 cm³/mol. The zero-order valence-corrected chi connectivity index (χ0v) is 19.6. The number of hydrogen-bond donors (Lipinski definition) is 1. The smallest absolute Gasteiger partial charge is 0.243 e. The van der Waals surface area contributed by atoms with Crippen molar-refractivity contribution in [2.24, 2.45) is 0 Å². The summed E-state index contributed by atoms with van der Waals surface area (Å²) in [6.45, 7) is 2.62. The molecule has 34 heavy (non-hydrogen) atoms. The van der Waals surface area contributed by atoms with Crippen LogP contribution in [0, 0.1) is 11.3 Å². The van der Waals surface area contributed by atoms with Crippen LogP contribution in [0.1, 0.15) is 36.1 Å². The highest BCUT2D eigenvalue weighted by Gasteiger charge is 2.37. The molecule has 0 radical (unpaired) electrons. The second-order valence-corrected chi connectivity index (χ2v) is 9.82. The third-order valence-electron chi connectivity index (χ3n) is 5.76. The number of nitrogens with zero attached hydrogens (tertiary/aromatic N) is 2. The minimum atomic E-state index is -3.86. The molecule has 174 valence electrons. The molecule has 0 spiro atoms.